The number of hydrogen-bond donors (Lipinski definition) is 0. The van der Waals surface area contributed by atoms with Crippen molar-refractivity contribution in [1.29, 1.82) is 0 Å². The van der Waals surface area contributed by atoms with E-state index in [0.717, 1.165) is 12.0 Å². The molecule has 1 spiro atoms. The third-order valence-corrected chi connectivity index (χ3v) is 8.18. The summed E-state index contributed by atoms with van der Waals surface area (Å²) in [5.41, 5.74) is -0.882. The van der Waals surface area contributed by atoms with Crippen molar-refractivity contribution >= 4 is 23.5 Å². The Balaban J connectivity index is 1.97. The molecule has 0 aromatic rings. The number of ether oxygens (including phenoxy) is 2. The molecule has 3 fully saturated rings. The van der Waals surface area contributed by atoms with Crippen LogP contribution in [0.3, 0.4) is 0 Å². The van der Waals surface area contributed by atoms with E-state index in [1.165, 1.54) is 13.8 Å². The molecule has 30 heavy (non-hydrogen) atoms. The third kappa shape index (κ3) is 2.61. The summed E-state index contributed by atoms with van der Waals surface area (Å²) >= 11 is 0. The number of fused-ring (bicyclic) bond motifs is 3. The molecule has 0 aromatic carbocycles. The number of Topliss-reactive ketones (excluding diaryl/α,β-unsaturated/α-hetero) is 1. The molecule has 4 rings (SSSR count). The van der Waals surface area contributed by atoms with E-state index in [0.29, 0.717) is 24.8 Å². The fourth-order valence-electron chi connectivity index (χ4n) is 7.24. The number of allylic oxidation sites excluding steroid dienone is 2. The lowest BCUT2D eigenvalue weighted by Gasteiger charge is -2.63. The zero-order chi connectivity index (χ0) is 22.2. The SMILES string of the molecule is C=C1C(=O)C23CC1C(=O)C=C2C1(C)C(OC(C)=O)CCC(C)(C)C1C(OC(C)=O)C3. The van der Waals surface area contributed by atoms with E-state index in [1.807, 2.05) is 6.92 Å². The van der Waals surface area contributed by atoms with Crippen molar-refractivity contribution < 1.29 is 28.7 Å². The van der Waals surface area contributed by atoms with Crippen LogP contribution in [0.25, 0.3) is 0 Å². The topological polar surface area (TPSA) is 86.7 Å². The smallest absolute Gasteiger partial charge is 0.302 e. The van der Waals surface area contributed by atoms with Crippen molar-refractivity contribution in [2.24, 2.45) is 28.1 Å². The molecule has 0 amide bonds. The van der Waals surface area contributed by atoms with Gasteiger partial charge in [-0.3, -0.25) is 19.2 Å². The summed E-state index contributed by atoms with van der Waals surface area (Å²) in [5.74, 6) is -1.74. The van der Waals surface area contributed by atoms with Gasteiger partial charge in [-0.1, -0.05) is 27.4 Å². The minimum Gasteiger partial charge on any atom is -0.462 e. The molecule has 3 saturated carbocycles. The predicted octanol–water partition coefficient (Wildman–Crippen LogP) is 3.34. The van der Waals surface area contributed by atoms with Crippen molar-refractivity contribution in [2.75, 3.05) is 0 Å². The predicted molar refractivity (Wildman–Crippen MR) is 108 cm³/mol. The van der Waals surface area contributed by atoms with Gasteiger partial charge in [-0.05, 0) is 41.9 Å². The average Bonchev–Trinajstić information content (AvgIpc) is 2.82. The number of hydrogen-bond acceptors (Lipinski definition) is 6. The standard InChI is InChI=1S/C24H30O6/c1-12-15-10-24(21(12)28)11-17(29-13(2)25)20-22(4,5)8-7-19(30-14(3)26)23(20,6)18(24)9-16(15)27/h9,15,17,19-20H,1,7-8,10-11H2,2-6H3. The molecule has 0 N–H and O–H groups in total. The maximum absolute atomic E-state index is 13.5. The molecule has 6 atom stereocenters. The van der Waals surface area contributed by atoms with Crippen LogP contribution < -0.4 is 0 Å². The van der Waals surface area contributed by atoms with E-state index in [4.69, 9.17) is 9.47 Å². The Hall–Kier alpha value is -2.24. The first-order valence-corrected chi connectivity index (χ1v) is 10.7. The second-order valence-electron chi connectivity index (χ2n) is 10.4. The summed E-state index contributed by atoms with van der Waals surface area (Å²) in [6, 6.07) is 0. The van der Waals surface area contributed by atoms with E-state index in [-0.39, 0.29) is 22.9 Å². The molecule has 162 valence electrons. The zero-order valence-electron chi connectivity index (χ0n) is 18.4. The first-order chi connectivity index (χ1) is 13.8. The number of esters is 2. The minimum atomic E-state index is -0.924. The van der Waals surface area contributed by atoms with Gasteiger partial charge in [0, 0.05) is 31.6 Å². The van der Waals surface area contributed by atoms with Crippen LogP contribution in [-0.4, -0.2) is 35.7 Å². The fourth-order valence-corrected chi connectivity index (χ4v) is 7.24. The number of carbonyl (C=O) groups is 4. The normalized spacial score (nSPS) is 41.5. The number of carbonyl (C=O) groups excluding carboxylic acids is 4. The Morgan fingerprint density at radius 1 is 1.07 bits per heavy atom. The van der Waals surface area contributed by atoms with Gasteiger partial charge in [0.05, 0.1) is 11.3 Å². The molecule has 6 heteroatoms. The van der Waals surface area contributed by atoms with Crippen molar-refractivity contribution in [3.8, 4) is 0 Å². The molecule has 2 bridgehead atoms. The van der Waals surface area contributed by atoms with Crippen molar-refractivity contribution in [3.05, 3.63) is 23.8 Å². The fraction of sp³-hybridized carbons (Fsp3) is 0.667. The van der Waals surface area contributed by atoms with Crippen LogP contribution in [-0.2, 0) is 28.7 Å². The molecule has 0 radical (unpaired) electrons. The Labute approximate surface area is 177 Å². The van der Waals surface area contributed by atoms with Gasteiger partial charge in [0.2, 0.25) is 0 Å². The lowest BCUT2D eigenvalue weighted by atomic mass is 9.42. The van der Waals surface area contributed by atoms with Gasteiger partial charge < -0.3 is 9.47 Å². The van der Waals surface area contributed by atoms with Crippen molar-refractivity contribution in [3.63, 3.8) is 0 Å². The molecule has 0 saturated heterocycles. The minimum absolute atomic E-state index is 0.104. The summed E-state index contributed by atoms with van der Waals surface area (Å²) in [6.45, 7) is 12.9. The van der Waals surface area contributed by atoms with Crippen LogP contribution >= 0.6 is 0 Å². The van der Waals surface area contributed by atoms with Gasteiger partial charge in [-0.15, -0.1) is 0 Å². The molecular weight excluding hydrogens is 384 g/mol. The maximum Gasteiger partial charge on any atom is 0.302 e. The highest BCUT2D eigenvalue weighted by atomic mass is 16.6. The Morgan fingerprint density at radius 2 is 1.70 bits per heavy atom. The largest absolute Gasteiger partial charge is 0.462 e. The Morgan fingerprint density at radius 3 is 2.30 bits per heavy atom. The molecule has 0 aliphatic heterocycles. The van der Waals surface area contributed by atoms with E-state index in [9.17, 15) is 19.2 Å². The molecule has 0 aromatic heterocycles. The van der Waals surface area contributed by atoms with Crippen LogP contribution in [0.5, 0.6) is 0 Å². The molecule has 0 heterocycles. The Bertz CT molecular complexity index is 911. The lowest BCUT2D eigenvalue weighted by Crippen LogP contribution is -2.64. The molecule has 6 unspecified atom stereocenters. The summed E-state index contributed by atoms with van der Waals surface area (Å²) < 4.78 is 11.6. The highest BCUT2D eigenvalue weighted by Gasteiger charge is 2.71. The van der Waals surface area contributed by atoms with Gasteiger partial charge >= 0.3 is 11.9 Å². The van der Waals surface area contributed by atoms with Gasteiger partial charge in [0.15, 0.2) is 11.6 Å². The first kappa shape index (κ1) is 21.0. The van der Waals surface area contributed by atoms with E-state index in [2.05, 4.69) is 20.4 Å². The van der Waals surface area contributed by atoms with Crippen LogP contribution in [0.1, 0.15) is 60.3 Å². The summed E-state index contributed by atoms with van der Waals surface area (Å²) in [4.78, 5) is 50.4. The zero-order valence-corrected chi connectivity index (χ0v) is 18.4. The molecule has 4 aliphatic rings. The number of rotatable bonds is 2. The van der Waals surface area contributed by atoms with Gasteiger partial charge in [-0.25, -0.2) is 0 Å². The summed E-state index contributed by atoms with van der Waals surface area (Å²) in [7, 11) is 0. The van der Waals surface area contributed by atoms with Gasteiger partial charge in [0.25, 0.3) is 0 Å². The summed E-state index contributed by atoms with van der Waals surface area (Å²) in [5, 5.41) is 0. The van der Waals surface area contributed by atoms with Crippen molar-refractivity contribution in [1.82, 2.24) is 0 Å². The van der Waals surface area contributed by atoms with Crippen LogP contribution in [0, 0.1) is 28.1 Å². The highest BCUT2D eigenvalue weighted by Crippen LogP contribution is 2.69. The van der Waals surface area contributed by atoms with Gasteiger partial charge in [-0.2, -0.15) is 0 Å². The maximum atomic E-state index is 13.5. The van der Waals surface area contributed by atoms with E-state index in [1.54, 1.807) is 6.08 Å². The summed E-state index contributed by atoms with van der Waals surface area (Å²) in [6.07, 6.45) is 2.72. The Kier molecular flexibility index (Phi) is 4.47. The second-order valence-corrected chi connectivity index (χ2v) is 10.4. The van der Waals surface area contributed by atoms with Crippen LogP contribution in [0.15, 0.2) is 23.8 Å². The highest BCUT2D eigenvalue weighted by molar-refractivity contribution is 6.15. The first-order valence-electron chi connectivity index (χ1n) is 10.7. The lowest BCUT2D eigenvalue weighted by molar-refractivity contribution is -0.200. The van der Waals surface area contributed by atoms with E-state index >= 15 is 0 Å². The van der Waals surface area contributed by atoms with E-state index < -0.39 is 40.9 Å². The quantitative estimate of drug-likeness (QED) is 0.509. The molecular formula is C24H30O6. The monoisotopic (exact) mass is 414 g/mol. The van der Waals surface area contributed by atoms with Crippen LogP contribution in [0.4, 0.5) is 0 Å². The molecule has 4 aliphatic carbocycles. The third-order valence-electron chi connectivity index (χ3n) is 8.18. The average molecular weight is 414 g/mol. The number of ketones is 2. The van der Waals surface area contributed by atoms with Gasteiger partial charge in [0.1, 0.15) is 12.2 Å². The van der Waals surface area contributed by atoms with Crippen LogP contribution in [0.2, 0.25) is 0 Å². The molecule has 6 nitrogen and oxygen atoms in total. The van der Waals surface area contributed by atoms with Crippen molar-refractivity contribution in [2.45, 2.75) is 72.5 Å². The second kappa shape index (κ2) is 6.38.